The van der Waals surface area contributed by atoms with E-state index in [1.807, 2.05) is 6.92 Å². The highest BCUT2D eigenvalue weighted by Crippen LogP contribution is 2.49. The molecular weight excluding hydrogens is 176 g/mol. The standard InChI is InChI=1S/C10H22N4/c1-3-5-10(6-7-10)8-13-9(14-11)12-4-2/h3-8,11H2,1-2H3,(H2,12,13,14). The topological polar surface area (TPSA) is 62.4 Å². The van der Waals surface area contributed by atoms with Gasteiger partial charge in [0.05, 0.1) is 0 Å². The maximum atomic E-state index is 5.34. The van der Waals surface area contributed by atoms with E-state index in [9.17, 15) is 0 Å². The van der Waals surface area contributed by atoms with Crippen LogP contribution in [-0.2, 0) is 0 Å². The average Bonchev–Trinajstić information content (AvgIpc) is 2.94. The van der Waals surface area contributed by atoms with Crippen molar-refractivity contribution in [3.8, 4) is 0 Å². The number of hydrogen-bond donors (Lipinski definition) is 3. The molecule has 0 bridgehead atoms. The van der Waals surface area contributed by atoms with Crippen LogP contribution in [-0.4, -0.2) is 19.0 Å². The normalized spacial score (nSPS) is 19.2. The number of guanidine groups is 1. The van der Waals surface area contributed by atoms with Crippen molar-refractivity contribution in [2.75, 3.05) is 13.1 Å². The maximum Gasteiger partial charge on any atom is 0.205 e. The molecule has 0 unspecified atom stereocenters. The van der Waals surface area contributed by atoms with Gasteiger partial charge in [-0.25, -0.2) is 5.84 Å². The summed E-state index contributed by atoms with van der Waals surface area (Å²) < 4.78 is 0. The predicted molar refractivity (Wildman–Crippen MR) is 59.9 cm³/mol. The quantitative estimate of drug-likeness (QED) is 0.267. The minimum atomic E-state index is 0.506. The van der Waals surface area contributed by atoms with Gasteiger partial charge in [-0.3, -0.25) is 10.4 Å². The summed E-state index contributed by atoms with van der Waals surface area (Å²) in [6.07, 6.45) is 5.20. The highest BCUT2D eigenvalue weighted by atomic mass is 15.3. The van der Waals surface area contributed by atoms with Crippen molar-refractivity contribution in [1.82, 2.24) is 10.7 Å². The number of nitrogens with zero attached hydrogens (tertiary/aromatic N) is 1. The van der Waals surface area contributed by atoms with Crippen LogP contribution >= 0.6 is 0 Å². The number of hydrazine groups is 1. The van der Waals surface area contributed by atoms with Gasteiger partial charge in [0.2, 0.25) is 5.96 Å². The Morgan fingerprint density at radius 3 is 2.57 bits per heavy atom. The molecule has 0 aliphatic heterocycles. The van der Waals surface area contributed by atoms with E-state index in [2.05, 4.69) is 22.7 Å². The number of hydrogen-bond acceptors (Lipinski definition) is 2. The molecule has 0 atom stereocenters. The lowest BCUT2D eigenvalue weighted by molar-refractivity contribution is 0.471. The molecule has 0 amide bonds. The van der Waals surface area contributed by atoms with Crippen molar-refractivity contribution in [2.24, 2.45) is 16.3 Å². The summed E-state index contributed by atoms with van der Waals surface area (Å²) in [6, 6.07) is 0. The van der Waals surface area contributed by atoms with Crippen molar-refractivity contribution in [3.05, 3.63) is 0 Å². The van der Waals surface area contributed by atoms with E-state index < -0.39 is 0 Å². The van der Waals surface area contributed by atoms with Gasteiger partial charge in [-0.1, -0.05) is 13.3 Å². The third kappa shape index (κ3) is 3.18. The number of aliphatic imine (C=N–C) groups is 1. The molecule has 1 rings (SSSR count). The predicted octanol–water partition coefficient (Wildman–Crippen LogP) is 0.995. The molecule has 0 aromatic heterocycles. The van der Waals surface area contributed by atoms with Gasteiger partial charge in [0.25, 0.3) is 0 Å². The summed E-state index contributed by atoms with van der Waals surface area (Å²) in [6.45, 7) is 6.03. The number of nitrogens with one attached hydrogen (secondary N) is 2. The van der Waals surface area contributed by atoms with E-state index in [0.717, 1.165) is 19.0 Å². The Morgan fingerprint density at radius 1 is 1.43 bits per heavy atom. The van der Waals surface area contributed by atoms with Gasteiger partial charge < -0.3 is 5.32 Å². The fraction of sp³-hybridized carbons (Fsp3) is 0.900. The number of rotatable bonds is 5. The van der Waals surface area contributed by atoms with Crippen LogP contribution in [0.2, 0.25) is 0 Å². The second kappa shape index (κ2) is 5.20. The summed E-state index contributed by atoms with van der Waals surface area (Å²) in [5.74, 6) is 6.06. The molecule has 1 aliphatic carbocycles. The zero-order valence-corrected chi connectivity index (χ0v) is 9.27. The van der Waals surface area contributed by atoms with E-state index in [-0.39, 0.29) is 0 Å². The fourth-order valence-electron chi connectivity index (χ4n) is 1.76. The third-order valence-electron chi connectivity index (χ3n) is 2.79. The van der Waals surface area contributed by atoms with E-state index in [0.29, 0.717) is 5.41 Å². The Balaban J connectivity index is 2.35. The lowest BCUT2D eigenvalue weighted by Gasteiger charge is -2.12. The first-order valence-electron chi connectivity index (χ1n) is 5.51. The lowest BCUT2D eigenvalue weighted by Crippen LogP contribution is -2.41. The maximum absolute atomic E-state index is 5.34. The molecule has 0 radical (unpaired) electrons. The Bertz CT molecular complexity index is 196. The van der Waals surface area contributed by atoms with Crippen LogP contribution in [0.4, 0.5) is 0 Å². The molecule has 1 aliphatic rings. The zero-order chi connectivity index (χ0) is 10.4. The van der Waals surface area contributed by atoms with E-state index >= 15 is 0 Å². The van der Waals surface area contributed by atoms with E-state index in [4.69, 9.17) is 5.84 Å². The van der Waals surface area contributed by atoms with Crippen LogP contribution in [0.3, 0.4) is 0 Å². The van der Waals surface area contributed by atoms with Crippen molar-refractivity contribution < 1.29 is 0 Å². The van der Waals surface area contributed by atoms with Crippen LogP contribution < -0.4 is 16.6 Å². The summed E-state index contributed by atoms with van der Waals surface area (Å²) in [5, 5.41) is 3.09. The molecule has 1 fully saturated rings. The van der Waals surface area contributed by atoms with Crippen molar-refractivity contribution in [2.45, 2.75) is 39.5 Å². The molecule has 0 saturated heterocycles. The van der Waals surface area contributed by atoms with Crippen LogP contribution in [0, 0.1) is 5.41 Å². The Hall–Kier alpha value is -0.770. The van der Waals surface area contributed by atoms with E-state index in [1.54, 1.807) is 0 Å². The van der Waals surface area contributed by atoms with Crippen LogP contribution in [0.15, 0.2) is 4.99 Å². The van der Waals surface area contributed by atoms with E-state index in [1.165, 1.54) is 25.7 Å². The molecule has 1 saturated carbocycles. The lowest BCUT2D eigenvalue weighted by atomic mass is 10.0. The molecule has 4 heteroatoms. The Morgan fingerprint density at radius 2 is 2.14 bits per heavy atom. The van der Waals surface area contributed by atoms with Crippen molar-refractivity contribution >= 4 is 5.96 Å². The molecule has 0 spiro atoms. The van der Waals surface area contributed by atoms with Crippen molar-refractivity contribution in [3.63, 3.8) is 0 Å². The fourth-order valence-corrected chi connectivity index (χ4v) is 1.76. The second-order valence-corrected chi connectivity index (χ2v) is 4.09. The summed E-state index contributed by atoms with van der Waals surface area (Å²) in [4.78, 5) is 4.45. The summed E-state index contributed by atoms with van der Waals surface area (Å²) in [5.41, 5.74) is 3.09. The summed E-state index contributed by atoms with van der Waals surface area (Å²) in [7, 11) is 0. The first-order valence-corrected chi connectivity index (χ1v) is 5.51. The largest absolute Gasteiger partial charge is 0.356 e. The first-order chi connectivity index (χ1) is 6.76. The van der Waals surface area contributed by atoms with Gasteiger partial charge in [-0.15, -0.1) is 0 Å². The van der Waals surface area contributed by atoms with Gasteiger partial charge >= 0.3 is 0 Å². The molecule has 82 valence electrons. The zero-order valence-electron chi connectivity index (χ0n) is 9.27. The minimum Gasteiger partial charge on any atom is -0.356 e. The molecular formula is C10H22N4. The SMILES string of the molecule is CCCC1(CN=C(NN)NCC)CC1. The third-order valence-corrected chi connectivity index (χ3v) is 2.79. The van der Waals surface area contributed by atoms with Crippen LogP contribution in [0.25, 0.3) is 0 Å². The van der Waals surface area contributed by atoms with Crippen molar-refractivity contribution in [1.29, 1.82) is 0 Å². The Labute approximate surface area is 86.3 Å². The average molecular weight is 198 g/mol. The molecule has 0 aromatic carbocycles. The first kappa shape index (κ1) is 11.3. The van der Waals surface area contributed by atoms with Gasteiger partial charge in [-0.2, -0.15) is 0 Å². The minimum absolute atomic E-state index is 0.506. The highest BCUT2D eigenvalue weighted by Gasteiger charge is 2.41. The number of nitrogens with two attached hydrogens (primary N) is 1. The molecule has 14 heavy (non-hydrogen) atoms. The second-order valence-electron chi connectivity index (χ2n) is 4.09. The molecule has 4 N–H and O–H groups in total. The molecule has 0 aromatic rings. The van der Waals surface area contributed by atoms with Gasteiger partial charge in [0.1, 0.15) is 0 Å². The van der Waals surface area contributed by atoms with Gasteiger partial charge in [-0.05, 0) is 31.6 Å². The molecule has 0 heterocycles. The molecule has 4 nitrogen and oxygen atoms in total. The Kier molecular flexibility index (Phi) is 4.20. The van der Waals surface area contributed by atoms with Crippen LogP contribution in [0.5, 0.6) is 0 Å². The van der Waals surface area contributed by atoms with Gasteiger partial charge in [0.15, 0.2) is 0 Å². The van der Waals surface area contributed by atoms with Gasteiger partial charge in [0, 0.05) is 13.1 Å². The smallest absolute Gasteiger partial charge is 0.205 e. The monoisotopic (exact) mass is 198 g/mol. The van der Waals surface area contributed by atoms with Crippen LogP contribution in [0.1, 0.15) is 39.5 Å². The highest BCUT2D eigenvalue weighted by molar-refractivity contribution is 5.79. The summed E-state index contributed by atoms with van der Waals surface area (Å²) >= 11 is 0.